The highest BCUT2D eigenvalue weighted by Crippen LogP contribution is 2.28. The molecule has 0 aliphatic rings. The summed E-state index contributed by atoms with van der Waals surface area (Å²) >= 11 is 0. The van der Waals surface area contributed by atoms with Crippen LogP contribution in [0.25, 0.3) is 22.4 Å². The molecule has 5 nitrogen and oxygen atoms in total. The van der Waals surface area contributed by atoms with Gasteiger partial charge in [0.2, 0.25) is 5.91 Å². The standard InChI is InChI=1S/C22H27FN4O/c1-15-8-9-16(13-18(15)25-21(28)7-5-3-4-6-12-24)22-26-19-14-17(23)10-11-20(19)27(22)2/h8-11,13-14H,3-7,12,24H2,1-2H3,(H,25,28). The first kappa shape index (κ1) is 20.0. The lowest BCUT2D eigenvalue weighted by Gasteiger charge is -2.11. The van der Waals surface area contributed by atoms with Crippen LogP contribution < -0.4 is 11.1 Å². The molecule has 3 N–H and O–H groups in total. The number of nitrogens with two attached hydrogens (primary N) is 1. The molecule has 3 aromatic rings. The van der Waals surface area contributed by atoms with Gasteiger partial charge < -0.3 is 15.6 Å². The molecule has 0 saturated heterocycles. The minimum atomic E-state index is -0.305. The third-order valence-electron chi connectivity index (χ3n) is 4.97. The van der Waals surface area contributed by atoms with Gasteiger partial charge >= 0.3 is 0 Å². The molecule has 0 spiro atoms. The SMILES string of the molecule is Cc1ccc(-c2nc3cc(F)ccc3n2C)cc1NC(=O)CCCCCCN. The Bertz CT molecular complexity index is 980. The van der Waals surface area contributed by atoms with Gasteiger partial charge in [0, 0.05) is 30.8 Å². The molecule has 0 atom stereocenters. The molecule has 28 heavy (non-hydrogen) atoms. The van der Waals surface area contributed by atoms with Crippen molar-refractivity contribution < 1.29 is 9.18 Å². The number of imidazole rings is 1. The number of amides is 1. The average molecular weight is 382 g/mol. The zero-order valence-corrected chi connectivity index (χ0v) is 16.5. The minimum Gasteiger partial charge on any atom is -0.330 e. The summed E-state index contributed by atoms with van der Waals surface area (Å²) in [4.78, 5) is 16.9. The lowest BCUT2D eigenvalue weighted by Crippen LogP contribution is -2.12. The van der Waals surface area contributed by atoms with Crippen molar-refractivity contribution in [2.75, 3.05) is 11.9 Å². The van der Waals surface area contributed by atoms with Crippen LogP contribution in [0.1, 0.15) is 37.7 Å². The maximum absolute atomic E-state index is 13.5. The smallest absolute Gasteiger partial charge is 0.224 e. The van der Waals surface area contributed by atoms with E-state index in [-0.39, 0.29) is 11.7 Å². The second-order valence-electron chi connectivity index (χ2n) is 7.16. The normalized spacial score (nSPS) is 11.1. The van der Waals surface area contributed by atoms with Gasteiger partial charge in [-0.15, -0.1) is 0 Å². The Balaban J connectivity index is 1.76. The number of carbonyl (C=O) groups excluding carboxylic acids is 1. The van der Waals surface area contributed by atoms with Crippen molar-refractivity contribution >= 4 is 22.6 Å². The van der Waals surface area contributed by atoms with Crippen LogP contribution in [0, 0.1) is 12.7 Å². The number of halogens is 1. The molecule has 0 fully saturated rings. The van der Waals surface area contributed by atoms with Gasteiger partial charge in [-0.2, -0.15) is 0 Å². The van der Waals surface area contributed by atoms with Crippen LogP contribution in [0.15, 0.2) is 36.4 Å². The van der Waals surface area contributed by atoms with Gasteiger partial charge in [-0.1, -0.05) is 25.0 Å². The van der Waals surface area contributed by atoms with Gasteiger partial charge in [0.25, 0.3) is 0 Å². The molecule has 1 aromatic heterocycles. The molecular weight excluding hydrogens is 355 g/mol. The van der Waals surface area contributed by atoms with E-state index in [9.17, 15) is 9.18 Å². The Morgan fingerprint density at radius 2 is 1.93 bits per heavy atom. The summed E-state index contributed by atoms with van der Waals surface area (Å²) in [5.41, 5.74) is 9.61. The highest BCUT2D eigenvalue weighted by Gasteiger charge is 2.13. The van der Waals surface area contributed by atoms with Crippen LogP contribution in [0.3, 0.4) is 0 Å². The van der Waals surface area contributed by atoms with E-state index >= 15 is 0 Å². The first-order valence-corrected chi connectivity index (χ1v) is 9.72. The van der Waals surface area contributed by atoms with Gasteiger partial charge in [-0.3, -0.25) is 4.79 Å². The Hall–Kier alpha value is -2.73. The van der Waals surface area contributed by atoms with Gasteiger partial charge in [-0.25, -0.2) is 9.37 Å². The molecule has 0 bridgehead atoms. The number of nitrogens with one attached hydrogen (secondary N) is 1. The predicted molar refractivity (Wildman–Crippen MR) is 112 cm³/mol. The molecule has 0 aliphatic heterocycles. The summed E-state index contributed by atoms with van der Waals surface area (Å²) in [6.07, 6.45) is 4.44. The minimum absolute atomic E-state index is 0.0140. The first-order valence-electron chi connectivity index (χ1n) is 9.72. The van der Waals surface area contributed by atoms with Crippen LogP contribution in [0.4, 0.5) is 10.1 Å². The molecule has 1 heterocycles. The van der Waals surface area contributed by atoms with Gasteiger partial charge in [-0.05, 0) is 50.1 Å². The van der Waals surface area contributed by atoms with E-state index in [0.717, 1.165) is 53.8 Å². The first-order chi connectivity index (χ1) is 13.5. The van der Waals surface area contributed by atoms with Crippen molar-refractivity contribution in [3.8, 4) is 11.4 Å². The van der Waals surface area contributed by atoms with Crippen molar-refractivity contribution in [1.29, 1.82) is 0 Å². The number of anilines is 1. The molecule has 6 heteroatoms. The van der Waals surface area contributed by atoms with Crippen LogP contribution >= 0.6 is 0 Å². The molecule has 3 rings (SSSR count). The average Bonchev–Trinajstić information content (AvgIpc) is 2.99. The van der Waals surface area contributed by atoms with Crippen LogP contribution in [-0.2, 0) is 11.8 Å². The molecule has 0 aliphatic carbocycles. The van der Waals surface area contributed by atoms with E-state index in [2.05, 4.69) is 10.3 Å². The van der Waals surface area contributed by atoms with E-state index in [1.807, 2.05) is 36.7 Å². The molecular formula is C22H27FN4O. The number of unbranched alkanes of at least 4 members (excludes halogenated alkanes) is 3. The van der Waals surface area contributed by atoms with E-state index in [0.29, 0.717) is 18.5 Å². The summed E-state index contributed by atoms with van der Waals surface area (Å²) in [6.45, 7) is 2.66. The second-order valence-corrected chi connectivity index (χ2v) is 7.16. The van der Waals surface area contributed by atoms with Crippen molar-refractivity contribution in [3.63, 3.8) is 0 Å². The number of carbonyl (C=O) groups is 1. The fourth-order valence-electron chi connectivity index (χ4n) is 3.32. The maximum atomic E-state index is 13.5. The quantitative estimate of drug-likeness (QED) is 0.562. The monoisotopic (exact) mass is 382 g/mol. The van der Waals surface area contributed by atoms with Crippen LogP contribution in [0.2, 0.25) is 0 Å². The fourth-order valence-corrected chi connectivity index (χ4v) is 3.32. The number of hydrogen-bond acceptors (Lipinski definition) is 3. The zero-order valence-electron chi connectivity index (χ0n) is 16.5. The number of aromatic nitrogens is 2. The molecule has 0 unspecified atom stereocenters. The largest absolute Gasteiger partial charge is 0.330 e. The summed E-state index contributed by atoms with van der Waals surface area (Å²) in [6, 6.07) is 10.5. The maximum Gasteiger partial charge on any atom is 0.224 e. The van der Waals surface area contributed by atoms with Crippen molar-refractivity contribution in [3.05, 3.63) is 47.8 Å². The molecule has 0 radical (unpaired) electrons. The van der Waals surface area contributed by atoms with Crippen molar-refractivity contribution in [2.45, 2.75) is 39.0 Å². The molecule has 0 saturated carbocycles. The van der Waals surface area contributed by atoms with E-state index < -0.39 is 0 Å². The molecule has 2 aromatic carbocycles. The Morgan fingerprint density at radius 3 is 2.71 bits per heavy atom. The van der Waals surface area contributed by atoms with E-state index in [1.54, 1.807) is 6.07 Å². The number of benzene rings is 2. The Morgan fingerprint density at radius 1 is 1.14 bits per heavy atom. The topological polar surface area (TPSA) is 72.9 Å². The van der Waals surface area contributed by atoms with Crippen molar-refractivity contribution in [2.24, 2.45) is 12.8 Å². The lowest BCUT2D eigenvalue weighted by atomic mass is 10.1. The predicted octanol–water partition coefficient (Wildman–Crippen LogP) is 4.54. The lowest BCUT2D eigenvalue weighted by molar-refractivity contribution is -0.116. The highest BCUT2D eigenvalue weighted by atomic mass is 19.1. The second kappa shape index (κ2) is 8.97. The van der Waals surface area contributed by atoms with Crippen molar-refractivity contribution in [1.82, 2.24) is 9.55 Å². The third-order valence-corrected chi connectivity index (χ3v) is 4.97. The number of fused-ring (bicyclic) bond motifs is 1. The van der Waals surface area contributed by atoms with E-state index in [4.69, 9.17) is 5.73 Å². The van der Waals surface area contributed by atoms with Gasteiger partial charge in [0.05, 0.1) is 11.0 Å². The molecule has 148 valence electrons. The summed E-state index contributed by atoms with van der Waals surface area (Å²) < 4.78 is 15.4. The summed E-state index contributed by atoms with van der Waals surface area (Å²) in [5, 5.41) is 3.01. The number of aryl methyl sites for hydroxylation is 2. The number of nitrogens with zero attached hydrogens (tertiary/aromatic N) is 2. The zero-order chi connectivity index (χ0) is 20.1. The van der Waals surface area contributed by atoms with Crippen LogP contribution in [-0.4, -0.2) is 22.0 Å². The summed E-state index contributed by atoms with van der Waals surface area (Å²) in [7, 11) is 1.90. The fraction of sp³-hybridized carbons (Fsp3) is 0.364. The highest BCUT2D eigenvalue weighted by molar-refractivity contribution is 5.92. The number of rotatable bonds is 8. The summed E-state index contributed by atoms with van der Waals surface area (Å²) in [5.74, 6) is 0.443. The van der Waals surface area contributed by atoms with Gasteiger partial charge in [0.15, 0.2) is 0 Å². The van der Waals surface area contributed by atoms with Crippen LogP contribution in [0.5, 0.6) is 0 Å². The van der Waals surface area contributed by atoms with Gasteiger partial charge in [0.1, 0.15) is 11.6 Å². The Kier molecular flexibility index (Phi) is 6.41. The third kappa shape index (κ3) is 4.57. The van der Waals surface area contributed by atoms with E-state index in [1.165, 1.54) is 12.1 Å². The number of hydrogen-bond donors (Lipinski definition) is 2. The Labute approximate surface area is 164 Å². The molecule has 1 amide bonds.